The minimum Gasteiger partial charge on any atom is -0.399 e. The van der Waals surface area contributed by atoms with Crippen LogP contribution in [0.1, 0.15) is 18.3 Å². The first-order valence-electron chi connectivity index (χ1n) is 8.70. The highest BCUT2D eigenvalue weighted by Gasteiger charge is 2.12. The highest BCUT2D eigenvalue weighted by atomic mass is 19.3. The quantitative estimate of drug-likeness (QED) is 0.574. The zero-order valence-electron chi connectivity index (χ0n) is 15.8. The van der Waals surface area contributed by atoms with E-state index in [4.69, 9.17) is 5.73 Å². The Hall–Kier alpha value is -3.81. The zero-order valence-corrected chi connectivity index (χ0v) is 15.8. The molecule has 0 amide bonds. The number of pyridine rings is 1. The summed E-state index contributed by atoms with van der Waals surface area (Å²) in [6.45, 7) is 9.06. The van der Waals surface area contributed by atoms with Crippen LogP contribution in [-0.2, 0) is 0 Å². The molecule has 148 valence electrons. The van der Waals surface area contributed by atoms with Crippen molar-refractivity contribution in [2.75, 3.05) is 5.32 Å². The van der Waals surface area contributed by atoms with E-state index in [0.717, 1.165) is 5.52 Å². The molecule has 0 aliphatic rings. The van der Waals surface area contributed by atoms with Gasteiger partial charge < -0.3 is 11.1 Å². The predicted molar refractivity (Wildman–Crippen MR) is 112 cm³/mol. The molecule has 0 atom stereocenters. The van der Waals surface area contributed by atoms with Crippen molar-refractivity contribution in [1.29, 1.82) is 0 Å². The zero-order chi connectivity index (χ0) is 21.0. The van der Waals surface area contributed by atoms with Crippen molar-refractivity contribution in [3.05, 3.63) is 85.1 Å². The number of anilines is 2. The highest BCUT2D eigenvalue weighted by molar-refractivity contribution is 5.81. The lowest BCUT2D eigenvalue weighted by Crippen LogP contribution is -2.07. The summed E-state index contributed by atoms with van der Waals surface area (Å²) in [6.07, 6.45) is 6.94. The normalized spacial score (nSPS) is 12.1. The minimum absolute atomic E-state index is 0.0367. The smallest absolute Gasteiger partial charge is 0.259 e. The van der Waals surface area contributed by atoms with E-state index >= 15 is 0 Å². The molecule has 0 aliphatic heterocycles. The Balaban J connectivity index is 1.97. The number of nitrogens with one attached hydrogen (secondary N) is 1. The number of fused-ring (bicyclic) bond motifs is 1. The van der Waals surface area contributed by atoms with Gasteiger partial charge in [-0.25, -0.2) is 18.3 Å². The van der Waals surface area contributed by atoms with Gasteiger partial charge in [0.1, 0.15) is 5.52 Å². The first kappa shape index (κ1) is 19.9. The maximum atomic E-state index is 12.6. The summed E-state index contributed by atoms with van der Waals surface area (Å²) in [7, 11) is 0. The number of halogens is 2. The molecule has 8 heteroatoms. The van der Waals surface area contributed by atoms with Crippen LogP contribution in [0.25, 0.3) is 16.8 Å². The van der Waals surface area contributed by atoms with Crippen LogP contribution in [0.5, 0.6) is 0 Å². The molecule has 0 saturated heterocycles. The Labute approximate surface area is 166 Å². The average molecular weight is 394 g/mol. The van der Waals surface area contributed by atoms with E-state index in [1.165, 1.54) is 19.1 Å². The number of allylic oxidation sites excluding steroid dienone is 5. The van der Waals surface area contributed by atoms with Gasteiger partial charge in [-0.15, -0.1) is 5.10 Å². The third-order valence-electron chi connectivity index (χ3n) is 4.10. The van der Waals surface area contributed by atoms with Crippen LogP contribution >= 0.6 is 0 Å². The summed E-state index contributed by atoms with van der Waals surface area (Å²) in [5, 5.41) is 7.66. The number of rotatable bonds is 7. The van der Waals surface area contributed by atoms with Crippen LogP contribution in [0.3, 0.4) is 0 Å². The van der Waals surface area contributed by atoms with E-state index in [-0.39, 0.29) is 5.57 Å². The van der Waals surface area contributed by atoms with Crippen LogP contribution in [0.4, 0.5) is 20.3 Å². The molecule has 0 saturated carbocycles. The molecule has 3 aromatic heterocycles. The van der Waals surface area contributed by atoms with Crippen LogP contribution in [0.2, 0.25) is 0 Å². The lowest BCUT2D eigenvalue weighted by Gasteiger charge is -2.13. The fourth-order valence-corrected chi connectivity index (χ4v) is 2.51. The molecule has 6 nitrogen and oxygen atoms in total. The van der Waals surface area contributed by atoms with Gasteiger partial charge in [-0.1, -0.05) is 31.4 Å². The summed E-state index contributed by atoms with van der Waals surface area (Å²) in [5.74, 6) is 0.875. The van der Waals surface area contributed by atoms with E-state index in [9.17, 15) is 8.78 Å². The van der Waals surface area contributed by atoms with Gasteiger partial charge in [0, 0.05) is 35.4 Å². The largest absolute Gasteiger partial charge is 0.399 e. The maximum absolute atomic E-state index is 12.6. The Morgan fingerprint density at radius 3 is 2.83 bits per heavy atom. The second-order valence-electron chi connectivity index (χ2n) is 6.29. The molecule has 0 aromatic carbocycles. The highest BCUT2D eigenvalue weighted by Crippen LogP contribution is 2.26. The topological polar surface area (TPSA) is 81.1 Å². The van der Waals surface area contributed by atoms with Crippen LogP contribution in [0, 0.1) is 0 Å². The predicted octanol–water partition coefficient (Wildman–Crippen LogP) is 4.58. The second-order valence-corrected chi connectivity index (χ2v) is 6.29. The van der Waals surface area contributed by atoms with Crippen molar-refractivity contribution < 1.29 is 8.78 Å². The number of hydrogen-bond acceptors (Lipinski definition) is 5. The molecule has 0 aliphatic carbocycles. The molecule has 0 fully saturated rings. The third-order valence-corrected chi connectivity index (χ3v) is 4.10. The molecule has 3 N–H and O–H groups in total. The third kappa shape index (κ3) is 4.55. The average Bonchev–Trinajstić information content (AvgIpc) is 3.17. The molecular weight excluding hydrogens is 374 g/mol. The Morgan fingerprint density at radius 2 is 2.10 bits per heavy atom. The van der Waals surface area contributed by atoms with Gasteiger partial charge in [-0.2, -0.15) is 0 Å². The summed E-state index contributed by atoms with van der Waals surface area (Å²) < 4.78 is 26.8. The molecule has 0 unspecified atom stereocenters. The van der Waals surface area contributed by atoms with Gasteiger partial charge >= 0.3 is 0 Å². The fraction of sp³-hybridized carbons (Fsp3) is 0.0952. The van der Waals surface area contributed by atoms with Crippen LogP contribution in [-0.4, -0.2) is 26.0 Å². The SMILES string of the molecule is C=C(/C=C\C=C(/C)C(F)F)c1nc(Nc2ccncc2C(=C)N)c2cccn2n1. The Bertz CT molecular complexity index is 1130. The van der Waals surface area contributed by atoms with Gasteiger partial charge in [0.15, 0.2) is 11.6 Å². The molecule has 3 aromatic rings. The molecule has 3 rings (SSSR count). The number of nitrogens with zero attached hydrogens (tertiary/aromatic N) is 4. The second kappa shape index (κ2) is 8.47. The molecule has 3 heterocycles. The number of aromatic nitrogens is 4. The number of nitrogens with two attached hydrogens (primary N) is 1. The van der Waals surface area contributed by atoms with Gasteiger partial charge in [0.05, 0.1) is 5.69 Å². The molecule has 0 bridgehead atoms. The Kier molecular flexibility index (Phi) is 5.82. The minimum atomic E-state index is -2.50. The van der Waals surface area contributed by atoms with E-state index in [0.29, 0.717) is 34.2 Å². The maximum Gasteiger partial charge on any atom is 0.259 e. The van der Waals surface area contributed by atoms with Crippen molar-refractivity contribution in [2.24, 2.45) is 5.73 Å². The van der Waals surface area contributed by atoms with Gasteiger partial charge in [0.25, 0.3) is 6.43 Å². The summed E-state index contributed by atoms with van der Waals surface area (Å²) >= 11 is 0. The van der Waals surface area contributed by atoms with Gasteiger partial charge in [-0.3, -0.25) is 4.98 Å². The van der Waals surface area contributed by atoms with E-state index in [1.807, 2.05) is 12.1 Å². The van der Waals surface area contributed by atoms with E-state index in [2.05, 4.69) is 33.5 Å². The van der Waals surface area contributed by atoms with Crippen molar-refractivity contribution >= 4 is 28.3 Å². The van der Waals surface area contributed by atoms with Crippen LogP contribution in [0.15, 0.2) is 73.7 Å². The fourth-order valence-electron chi connectivity index (χ4n) is 2.51. The summed E-state index contributed by atoms with van der Waals surface area (Å²) in [6, 6.07) is 5.46. The van der Waals surface area contributed by atoms with Gasteiger partial charge in [-0.05, 0) is 30.7 Å². The standard InChI is InChI=1S/C21H20F2N6/c1-13(19(22)23)6-4-7-14(2)20-27-21(18-8-5-11-29(18)28-20)26-17-9-10-25-12-16(17)15(3)24/h4-12,19H,2-3,24H2,1H3,(H,25,26,27,28)/b7-4-,13-6+. The molecular formula is C21H20F2N6. The molecule has 29 heavy (non-hydrogen) atoms. The van der Waals surface area contributed by atoms with Crippen LogP contribution < -0.4 is 11.1 Å². The lowest BCUT2D eigenvalue weighted by atomic mass is 10.2. The van der Waals surface area contributed by atoms with Crippen molar-refractivity contribution in [1.82, 2.24) is 19.6 Å². The first-order valence-corrected chi connectivity index (χ1v) is 8.70. The van der Waals surface area contributed by atoms with Crippen molar-refractivity contribution in [2.45, 2.75) is 13.3 Å². The van der Waals surface area contributed by atoms with E-state index in [1.54, 1.807) is 35.2 Å². The Morgan fingerprint density at radius 1 is 1.31 bits per heavy atom. The number of alkyl halides is 2. The first-order chi connectivity index (χ1) is 13.9. The summed E-state index contributed by atoms with van der Waals surface area (Å²) in [5.41, 5.74) is 8.74. The van der Waals surface area contributed by atoms with E-state index < -0.39 is 6.43 Å². The van der Waals surface area contributed by atoms with Gasteiger partial charge in [0.2, 0.25) is 0 Å². The van der Waals surface area contributed by atoms with Crippen molar-refractivity contribution in [3.63, 3.8) is 0 Å². The molecule has 0 spiro atoms. The lowest BCUT2D eigenvalue weighted by molar-refractivity contribution is 0.190. The summed E-state index contributed by atoms with van der Waals surface area (Å²) in [4.78, 5) is 8.61. The molecule has 0 radical (unpaired) electrons. The number of hydrogen-bond donors (Lipinski definition) is 2. The monoisotopic (exact) mass is 394 g/mol. The van der Waals surface area contributed by atoms with Crippen molar-refractivity contribution in [3.8, 4) is 0 Å².